The summed E-state index contributed by atoms with van der Waals surface area (Å²) in [5, 5.41) is 11.5. The van der Waals surface area contributed by atoms with Crippen LogP contribution >= 0.6 is 0 Å². The molecule has 0 saturated carbocycles. The second-order valence-electron chi connectivity index (χ2n) is 7.49. The number of methoxy groups -OCH3 is 1. The molecule has 2 fully saturated rings. The molecule has 0 aliphatic carbocycles. The van der Waals surface area contributed by atoms with Crippen LogP contribution in [0.15, 0.2) is 42.6 Å². The van der Waals surface area contributed by atoms with E-state index in [9.17, 15) is 5.11 Å². The van der Waals surface area contributed by atoms with Gasteiger partial charge in [-0.25, -0.2) is 4.98 Å². The highest BCUT2D eigenvalue weighted by molar-refractivity contribution is 5.32. The molecule has 138 valence electrons. The number of hydrogen-bond donors (Lipinski definition) is 1. The molecule has 5 nitrogen and oxygen atoms in total. The summed E-state index contributed by atoms with van der Waals surface area (Å²) >= 11 is 0. The lowest BCUT2D eigenvalue weighted by Crippen LogP contribution is -2.60. The van der Waals surface area contributed by atoms with Crippen LogP contribution in [0, 0.1) is 6.92 Å². The third kappa shape index (κ3) is 3.22. The van der Waals surface area contributed by atoms with Crippen LogP contribution in [-0.2, 0) is 16.9 Å². The van der Waals surface area contributed by atoms with Crippen molar-refractivity contribution in [3.05, 3.63) is 59.3 Å². The van der Waals surface area contributed by atoms with E-state index in [4.69, 9.17) is 9.47 Å². The molecular formula is C21H26N2O3. The van der Waals surface area contributed by atoms with Gasteiger partial charge >= 0.3 is 0 Å². The smallest absolute Gasteiger partial charge is 0.215 e. The summed E-state index contributed by atoms with van der Waals surface area (Å²) < 4.78 is 11.1. The first-order valence-corrected chi connectivity index (χ1v) is 9.20. The highest BCUT2D eigenvalue weighted by Crippen LogP contribution is 2.42. The first-order chi connectivity index (χ1) is 12.6. The molecule has 5 heteroatoms. The Bertz CT molecular complexity index is 751. The first-order valence-electron chi connectivity index (χ1n) is 9.20. The van der Waals surface area contributed by atoms with Crippen LogP contribution < -0.4 is 4.74 Å². The number of hydrogen-bond acceptors (Lipinski definition) is 5. The quantitative estimate of drug-likeness (QED) is 0.915. The number of morpholine rings is 1. The lowest BCUT2D eigenvalue weighted by molar-refractivity contribution is -0.149. The minimum absolute atomic E-state index is 0.204. The maximum absolute atomic E-state index is 11.5. The van der Waals surface area contributed by atoms with Gasteiger partial charge in [0.15, 0.2) is 0 Å². The van der Waals surface area contributed by atoms with Crippen molar-refractivity contribution in [3.63, 3.8) is 0 Å². The summed E-state index contributed by atoms with van der Waals surface area (Å²) in [7, 11) is 1.62. The molecule has 26 heavy (non-hydrogen) atoms. The molecule has 0 amide bonds. The fourth-order valence-electron chi connectivity index (χ4n) is 4.36. The van der Waals surface area contributed by atoms with E-state index in [0.717, 1.165) is 17.7 Å². The molecule has 1 N–H and O–H groups in total. The van der Waals surface area contributed by atoms with Crippen molar-refractivity contribution >= 4 is 0 Å². The van der Waals surface area contributed by atoms with Gasteiger partial charge in [-0.15, -0.1) is 0 Å². The Balaban J connectivity index is 1.58. The van der Waals surface area contributed by atoms with Gasteiger partial charge in [0.1, 0.15) is 0 Å². The summed E-state index contributed by atoms with van der Waals surface area (Å²) in [4.78, 5) is 6.87. The Morgan fingerprint density at radius 3 is 2.54 bits per heavy atom. The van der Waals surface area contributed by atoms with Gasteiger partial charge in [-0.3, -0.25) is 4.90 Å². The molecule has 2 bridgehead atoms. The van der Waals surface area contributed by atoms with E-state index in [-0.39, 0.29) is 12.1 Å². The molecule has 1 aromatic heterocycles. The Labute approximate surface area is 154 Å². The number of pyridine rings is 1. The molecule has 1 aromatic carbocycles. The summed E-state index contributed by atoms with van der Waals surface area (Å²) in [6.45, 7) is 4.19. The van der Waals surface area contributed by atoms with E-state index >= 15 is 0 Å². The van der Waals surface area contributed by atoms with E-state index in [0.29, 0.717) is 31.9 Å². The van der Waals surface area contributed by atoms with Crippen LogP contribution in [0.4, 0.5) is 0 Å². The normalized spacial score (nSPS) is 28.7. The molecular weight excluding hydrogens is 328 g/mol. The van der Waals surface area contributed by atoms with E-state index in [1.807, 2.05) is 19.1 Å². The molecule has 2 atom stereocenters. The highest BCUT2D eigenvalue weighted by Gasteiger charge is 2.47. The molecule has 2 aliphatic rings. The van der Waals surface area contributed by atoms with Crippen LogP contribution in [0.2, 0.25) is 0 Å². The minimum Gasteiger partial charge on any atom is -0.481 e. The van der Waals surface area contributed by atoms with Gasteiger partial charge in [-0.1, -0.05) is 30.3 Å². The first kappa shape index (κ1) is 17.5. The standard InChI is InChI=1S/C21H26N2O3/c1-15-8-17(11-22-20(15)25-2)21(24)9-18-13-26-14-19(10-21)23(18)12-16-6-4-3-5-7-16/h3-8,11,18-19,24H,9-10,12-14H2,1-2H3. The molecule has 3 heterocycles. The molecule has 2 aromatic rings. The zero-order valence-corrected chi connectivity index (χ0v) is 15.4. The van der Waals surface area contributed by atoms with E-state index in [2.05, 4.69) is 34.1 Å². The van der Waals surface area contributed by atoms with E-state index in [1.54, 1.807) is 13.3 Å². The number of aliphatic hydroxyl groups is 1. The maximum atomic E-state index is 11.5. The Morgan fingerprint density at radius 2 is 1.92 bits per heavy atom. The van der Waals surface area contributed by atoms with Gasteiger partial charge in [-0.2, -0.15) is 0 Å². The monoisotopic (exact) mass is 354 g/mol. The number of piperidine rings is 1. The highest BCUT2D eigenvalue weighted by atomic mass is 16.5. The molecule has 4 rings (SSSR count). The number of aromatic nitrogens is 1. The van der Waals surface area contributed by atoms with Crippen LogP contribution in [0.1, 0.15) is 29.5 Å². The van der Waals surface area contributed by atoms with E-state index in [1.165, 1.54) is 5.56 Å². The molecule has 2 aliphatic heterocycles. The van der Waals surface area contributed by atoms with Gasteiger partial charge in [0.2, 0.25) is 5.88 Å². The second-order valence-corrected chi connectivity index (χ2v) is 7.49. The number of fused-ring (bicyclic) bond motifs is 2. The Morgan fingerprint density at radius 1 is 1.23 bits per heavy atom. The van der Waals surface area contributed by atoms with Gasteiger partial charge in [0, 0.05) is 36.0 Å². The summed E-state index contributed by atoms with van der Waals surface area (Å²) in [6, 6.07) is 12.9. The Kier molecular flexibility index (Phi) is 4.69. The molecule has 2 saturated heterocycles. The van der Waals surface area contributed by atoms with E-state index < -0.39 is 5.60 Å². The summed E-state index contributed by atoms with van der Waals surface area (Å²) in [5.74, 6) is 0.613. The van der Waals surface area contributed by atoms with Crippen molar-refractivity contribution in [2.75, 3.05) is 20.3 Å². The zero-order valence-electron chi connectivity index (χ0n) is 15.4. The Hall–Kier alpha value is -1.95. The number of aryl methyl sites for hydroxylation is 1. The van der Waals surface area contributed by atoms with Gasteiger partial charge in [0.05, 0.1) is 25.9 Å². The van der Waals surface area contributed by atoms with Crippen molar-refractivity contribution in [1.29, 1.82) is 0 Å². The lowest BCUT2D eigenvalue weighted by atomic mass is 9.77. The van der Waals surface area contributed by atoms with Crippen LogP contribution in [0.25, 0.3) is 0 Å². The van der Waals surface area contributed by atoms with Crippen LogP contribution in [0.3, 0.4) is 0 Å². The van der Waals surface area contributed by atoms with Crippen molar-refractivity contribution in [2.24, 2.45) is 0 Å². The predicted octanol–water partition coefficient (Wildman–Crippen LogP) is 2.65. The third-order valence-electron chi connectivity index (χ3n) is 5.67. The summed E-state index contributed by atoms with van der Waals surface area (Å²) in [5.41, 5.74) is 2.27. The minimum atomic E-state index is -0.865. The lowest BCUT2D eigenvalue weighted by Gasteiger charge is -2.51. The van der Waals surface area contributed by atoms with Crippen molar-refractivity contribution in [3.8, 4) is 5.88 Å². The predicted molar refractivity (Wildman–Crippen MR) is 99.0 cm³/mol. The number of nitrogens with zero attached hydrogens (tertiary/aromatic N) is 2. The molecule has 0 radical (unpaired) electrons. The number of ether oxygens (including phenoxy) is 2. The third-order valence-corrected chi connectivity index (χ3v) is 5.67. The van der Waals surface area contributed by atoms with Gasteiger partial charge < -0.3 is 14.6 Å². The largest absolute Gasteiger partial charge is 0.481 e. The van der Waals surface area contributed by atoms with Crippen LogP contribution in [-0.4, -0.2) is 47.4 Å². The van der Waals surface area contributed by atoms with Gasteiger partial charge in [0.25, 0.3) is 0 Å². The summed E-state index contributed by atoms with van der Waals surface area (Å²) in [6.07, 6.45) is 3.07. The maximum Gasteiger partial charge on any atom is 0.215 e. The average molecular weight is 354 g/mol. The zero-order chi connectivity index (χ0) is 18.1. The topological polar surface area (TPSA) is 54.8 Å². The fraction of sp³-hybridized carbons (Fsp3) is 0.476. The fourth-order valence-corrected chi connectivity index (χ4v) is 4.36. The molecule has 0 spiro atoms. The number of benzene rings is 1. The number of rotatable bonds is 4. The van der Waals surface area contributed by atoms with Crippen molar-refractivity contribution < 1.29 is 14.6 Å². The molecule has 2 unspecified atom stereocenters. The average Bonchev–Trinajstić information content (AvgIpc) is 2.63. The second kappa shape index (κ2) is 6.99. The van der Waals surface area contributed by atoms with Crippen molar-refractivity contribution in [1.82, 2.24) is 9.88 Å². The van der Waals surface area contributed by atoms with Crippen LogP contribution in [0.5, 0.6) is 5.88 Å². The van der Waals surface area contributed by atoms with Gasteiger partial charge in [-0.05, 0) is 31.4 Å². The van der Waals surface area contributed by atoms with Crippen molar-refractivity contribution in [2.45, 2.75) is 44.0 Å². The SMILES string of the molecule is COc1ncc(C2(O)CC3COCC(C2)N3Cc2ccccc2)cc1C.